The van der Waals surface area contributed by atoms with Gasteiger partial charge in [-0.2, -0.15) is 5.26 Å². The molecule has 1 unspecified atom stereocenters. The van der Waals surface area contributed by atoms with Crippen LogP contribution in [0.2, 0.25) is 0 Å². The lowest BCUT2D eigenvalue weighted by molar-refractivity contribution is 0.505. The second kappa shape index (κ2) is 4.79. The van der Waals surface area contributed by atoms with E-state index in [0.29, 0.717) is 17.7 Å². The molecule has 1 atom stereocenters. The molecule has 1 aromatic heterocycles. The Morgan fingerprint density at radius 1 is 1.40 bits per heavy atom. The van der Waals surface area contributed by atoms with Gasteiger partial charge >= 0.3 is 0 Å². The van der Waals surface area contributed by atoms with E-state index in [4.69, 9.17) is 5.26 Å². The van der Waals surface area contributed by atoms with Gasteiger partial charge in [0.05, 0.1) is 5.69 Å². The van der Waals surface area contributed by atoms with Gasteiger partial charge in [-0.3, -0.25) is 0 Å². The van der Waals surface area contributed by atoms with Gasteiger partial charge in [-0.05, 0) is 25.0 Å². The predicted molar refractivity (Wildman–Crippen MR) is 61.7 cm³/mol. The van der Waals surface area contributed by atoms with Gasteiger partial charge in [-0.15, -0.1) is 0 Å². The van der Waals surface area contributed by atoms with Crippen LogP contribution >= 0.6 is 0 Å². The summed E-state index contributed by atoms with van der Waals surface area (Å²) >= 11 is 0. The van der Waals surface area contributed by atoms with Crippen LogP contribution in [0.5, 0.6) is 0 Å². The van der Waals surface area contributed by atoms with Crippen LogP contribution in [0.3, 0.4) is 0 Å². The Labute approximate surface area is 91.4 Å². The summed E-state index contributed by atoms with van der Waals surface area (Å²) in [5.41, 5.74) is 1.40. The van der Waals surface area contributed by atoms with Gasteiger partial charge in [0.25, 0.3) is 0 Å². The second-order valence-electron chi connectivity index (χ2n) is 4.08. The number of pyridine rings is 1. The third-order valence-electron chi connectivity index (χ3n) is 2.85. The number of hydrogen-bond acceptors (Lipinski definition) is 3. The first-order chi connectivity index (χ1) is 7.07. The van der Waals surface area contributed by atoms with Crippen molar-refractivity contribution in [2.24, 2.45) is 5.92 Å². The first kappa shape index (κ1) is 11.5. The molecule has 0 radical (unpaired) electrons. The van der Waals surface area contributed by atoms with Gasteiger partial charge in [0.1, 0.15) is 6.07 Å². The van der Waals surface area contributed by atoms with E-state index >= 15 is 0 Å². The van der Waals surface area contributed by atoms with Crippen molar-refractivity contribution in [2.75, 3.05) is 11.9 Å². The summed E-state index contributed by atoms with van der Waals surface area (Å²) in [5, 5.41) is 8.95. The fourth-order valence-corrected chi connectivity index (χ4v) is 1.43. The maximum absolute atomic E-state index is 8.95. The average molecular weight is 203 g/mol. The number of anilines is 1. The highest BCUT2D eigenvalue weighted by molar-refractivity contribution is 5.55. The Balaban J connectivity index is 3.01. The summed E-state index contributed by atoms with van der Waals surface area (Å²) in [4.78, 5) is 6.16. The van der Waals surface area contributed by atoms with Crippen LogP contribution in [0, 0.1) is 17.2 Å². The molecular formula is C12H17N3. The van der Waals surface area contributed by atoms with E-state index in [1.807, 2.05) is 19.2 Å². The molecule has 15 heavy (non-hydrogen) atoms. The zero-order chi connectivity index (χ0) is 11.4. The van der Waals surface area contributed by atoms with Crippen LogP contribution in [0.15, 0.2) is 18.3 Å². The lowest BCUT2D eigenvalue weighted by Gasteiger charge is -2.30. The molecule has 3 nitrogen and oxygen atoms in total. The summed E-state index contributed by atoms with van der Waals surface area (Å²) in [5.74, 6) is 0.543. The van der Waals surface area contributed by atoms with Crippen molar-refractivity contribution in [3.63, 3.8) is 0 Å². The van der Waals surface area contributed by atoms with Gasteiger partial charge in [0, 0.05) is 19.3 Å². The normalized spacial score (nSPS) is 12.3. The predicted octanol–water partition coefficient (Wildman–Crippen LogP) is 2.43. The molecule has 0 bridgehead atoms. The second-order valence-corrected chi connectivity index (χ2v) is 4.08. The van der Waals surface area contributed by atoms with Crippen molar-refractivity contribution in [3.8, 4) is 6.07 Å². The molecule has 0 aromatic carbocycles. The quantitative estimate of drug-likeness (QED) is 0.757. The van der Waals surface area contributed by atoms with Crippen LogP contribution < -0.4 is 4.90 Å². The van der Waals surface area contributed by atoms with E-state index in [-0.39, 0.29) is 0 Å². The number of nitriles is 1. The summed E-state index contributed by atoms with van der Waals surface area (Å²) < 4.78 is 0. The van der Waals surface area contributed by atoms with E-state index in [0.717, 1.165) is 5.69 Å². The Kier molecular flexibility index (Phi) is 3.68. The fourth-order valence-electron chi connectivity index (χ4n) is 1.43. The molecule has 0 spiro atoms. The molecule has 1 heterocycles. The van der Waals surface area contributed by atoms with Gasteiger partial charge in [0.15, 0.2) is 5.69 Å². The molecule has 0 amide bonds. The molecule has 0 aliphatic carbocycles. The summed E-state index contributed by atoms with van der Waals surface area (Å²) in [7, 11) is 2.00. The molecule has 3 heteroatoms. The lowest BCUT2D eigenvalue weighted by atomic mass is 10.0. The van der Waals surface area contributed by atoms with E-state index in [1.165, 1.54) is 0 Å². The molecular weight excluding hydrogens is 186 g/mol. The number of aromatic nitrogens is 1. The van der Waals surface area contributed by atoms with Crippen LogP contribution in [-0.2, 0) is 0 Å². The molecule has 0 aliphatic rings. The molecule has 0 fully saturated rings. The van der Waals surface area contributed by atoms with Gasteiger partial charge in [0.2, 0.25) is 0 Å². The van der Waals surface area contributed by atoms with Crippen molar-refractivity contribution in [1.29, 1.82) is 5.26 Å². The standard InChI is InChI=1S/C12H17N3/c1-9(2)10(3)15(4)12-6-5-7-14-11(12)8-13/h5-7,9-10H,1-4H3. The summed E-state index contributed by atoms with van der Waals surface area (Å²) in [6.07, 6.45) is 1.65. The smallest absolute Gasteiger partial charge is 0.163 e. The maximum Gasteiger partial charge on any atom is 0.163 e. The van der Waals surface area contributed by atoms with Crippen molar-refractivity contribution >= 4 is 5.69 Å². The van der Waals surface area contributed by atoms with Crippen molar-refractivity contribution < 1.29 is 0 Å². The topological polar surface area (TPSA) is 39.9 Å². The number of nitrogens with zero attached hydrogens (tertiary/aromatic N) is 3. The largest absolute Gasteiger partial charge is 0.369 e. The summed E-state index contributed by atoms with van der Waals surface area (Å²) in [6, 6.07) is 6.30. The van der Waals surface area contributed by atoms with E-state index in [9.17, 15) is 0 Å². The first-order valence-corrected chi connectivity index (χ1v) is 5.16. The third kappa shape index (κ3) is 2.47. The fraction of sp³-hybridized carbons (Fsp3) is 0.500. The lowest BCUT2D eigenvalue weighted by Crippen LogP contribution is -2.33. The van der Waals surface area contributed by atoms with Crippen LogP contribution in [0.4, 0.5) is 5.69 Å². The molecule has 0 N–H and O–H groups in total. The van der Waals surface area contributed by atoms with Crippen molar-refractivity contribution in [2.45, 2.75) is 26.8 Å². The van der Waals surface area contributed by atoms with Crippen LogP contribution in [-0.4, -0.2) is 18.1 Å². The minimum atomic E-state index is 0.390. The Morgan fingerprint density at radius 3 is 2.60 bits per heavy atom. The van der Waals surface area contributed by atoms with E-state index < -0.39 is 0 Å². The van der Waals surface area contributed by atoms with Gasteiger partial charge in [-0.1, -0.05) is 13.8 Å². The summed E-state index contributed by atoms with van der Waals surface area (Å²) in [6.45, 7) is 6.49. The Bertz CT molecular complexity index is 365. The van der Waals surface area contributed by atoms with Crippen LogP contribution in [0.25, 0.3) is 0 Å². The zero-order valence-electron chi connectivity index (χ0n) is 9.73. The SMILES string of the molecule is CC(C)C(C)N(C)c1cccnc1C#N. The molecule has 0 aliphatic heterocycles. The van der Waals surface area contributed by atoms with Crippen molar-refractivity contribution in [1.82, 2.24) is 4.98 Å². The minimum Gasteiger partial charge on any atom is -0.369 e. The Hall–Kier alpha value is -1.56. The molecule has 80 valence electrons. The monoisotopic (exact) mass is 203 g/mol. The molecule has 0 saturated heterocycles. The third-order valence-corrected chi connectivity index (χ3v) is 2.85. The van der Waals surface area contributed by atoms with Crippen LogP contribution in [0.1, 0.15) is 26.5 Å². The van der Waals surface area contributed by atoms with E-state index in [1.54, 1.807) is 6.20 Å². The molecule has 1 rings (SSSR count). The van der Waals surface area contributed by atoms with Crippen molar-refractivity contribution in [3.05, 3.63) is 24.0 Å². The highest BCUT2D eigenvalue weighted by Gasteiger charge is 2.16. The number of rotatable bonds is 3. The zero-order valence-corrected chi connectivity index (χ0v) is 9.73. The molecule has 0 saturated carbocycles. The minimum absolute atomic E-state index is 0.390. The maximum atomic E-state index is 8.95. The number of hydrogen-bond donors (Lipinski definition) is 0. The first-order valence-electron chi connectivity index (χ1n) is 5.16. The highest BCUT2D eigenvalue weighted by atomic mass is 15.1. The van der Waals surface area contributed by atoms with E-state index in [2.05, 4.69) is 36.7 Å². The molecule has 1 aromatic rings. The van der Waals surface area contributed by atoms with Gasteiger partial charge < -0.3 is 4.90 Å². The average Bonchev–Trinajstić information content (AvgIpc) is 2.26. The van der Waals surface area contributed by atoms with Gasteiger partial charge in [-0.25, -0.2) is 4.98 Å². The highest BCUT2D eigenvalue weighted by Crippen LogP contribution is 2.21. The Morgan fingerprint density at radius 2 is 2.07 bits per heavy atom.